The van der Waals surface area contributed by atoms with Crippen molar-refractivity contribution in [3.63, 3.8) is 0 Å². The first kappa shape index (κ1) is 14.3. The van der Waals surface area contributed by atoms with Crippen molar-refractivity contribution in [2.45, 2.75) is 32.2 Å². The van der Waals surface area contributed by atoms with E-state index in [1.54, 1.807) is 12.4 Å². The number of carbonyl (C=O) groups is 1. The SMILES string of the molecule is CCNc1ccncc1C(=O)N1CCC(N2CCCC2)C1. The molecule has 1 aromatic rings. The minimum absolute atomic E-state index is 0.112. The molecule has 1 atom stereocenters. The molecule has 114 valence electrons. The second-order valence-electron chi connectivity index (χ2n) is 5.89. The molecule has 2 fully saturated rings. The Morgan fingerprint density at radius 3 is 2.95 bits per heavy atom. The molecular weight excluding hydrogens is 264 g/mol. The number of hydrogen-bond acceptors (Lipinski definition) is 4. The Labute approximate surface area is 126 Å². The Bertz CT molecular complexity index is 499. The Hall–Kier alpha value is -1.62. The average molecular weight is 288 g/mol. The minimum atomic E-state index is 0.112. The number of pyridine rings is 1. The normalized spacial score (nSPS) is 22.7. The maximum Gasteiger partial charge on any atom is 0.257 e. The molecule has 0 saturated carbocycles. The van der Waals surface area contributed by atoms with Crippen molar-refractivity contribution in [2.75, 3.05) is 38.0 Å². The summed E-state index contributed by atoms with van der Waals surface area (Å²) in [6, 6.07) is 2.43. The van der Waals surface area contributed by atoms with Crippen LogP contribution in [0.4, 0.5) is 5.69 Å². The molecule has 0 radical (unpaired) electrons. The maximum absolute atomic E-state index is 12.7. The van der Waals surface area contributed by atoms with Crippen LogP contribution >= 0.6 is 0 Å². The minimum Gasteiger partial charge on any atom is -0.385 e. The predicted molar refractivity (Wildman–Crippen MR) is 83.5 cm³/mol. The number of likely N-dealkylation sites (tertiary alicyclic amines) is 2. The van der Waals surface area contributed by atoms with Crippen LogP contribution in [0.1, 0.15) is 36.5 Å². The Kier molecular flexibility index (Phi) is 4.39. The van der Waals surface area contributed by atoms with Crippen LogP contribution in [0, 0.1) is 0 Å². The Morgan fingerprint density at radius 2 is 2.19 bits per heavy atom. The number of hydrogen-bond donors (Lipinski definition) is 1. The maximum atomic E-state index is 12.7. The van der Waals surface area contributed by atoms with Crippen molar-refractivity contribution < 1.29 is 4.79 Å². The van der Waals surface area contributed by atoms with Gasteiger partial charge in [-0.25, -0.2) is 0 Å². The molecule has 0 spiro atoms. The van der Waals surface area contributed by atoms with Gasteiger partial charge in [-0.05, 0) is 45.3 Å². The van der Waals surface area contributed by atoms with Crippen molar-refractivity contribution in [3.8, 4) is 0 Å². The lowest BCUT2D eigenvalue weighted by Gasteiger charge is -2.24. The van der Waals surface area contributed by atoms with E-state index < -0.39 is 0 Å². The van der Waals surface area contributed by atoms with E-state index >= 15 is 0 Å². The van der Waals surface area contributed by atoms with Gasteiger partial charge < -0.3 is 10.2 Å². The summed E-state index contributed by atoms with van der Waals surface area (Å²) in [7, 11) is 0. The van der Waals surface area contributed by atoms with Gasteiger partial charge in [0.2, 0.25) is 0 Å². The van der Waals surface area contributed by atoms with Gasteiger partial charge in [-0.3, -0.25) is 14.7 Å². The fraction of sp³-hybridized carbons (Fsp3) is 0.625. The van der Waals surface area contributed by atoms with Gasteiger partial charge in [0.15, 0.2) is 0 Å². The van der Waals surface area contributed by atoms with Crippen LogP contribution in [0.3, 0.4) is 0 Å². The highest BCUT2D eigenvalue weighted by molar-refractivity contribution is 5.99. The van der Waals surface area contributed by atoms with Crippen molar-refractivity contribution >= 4 is 11.6 Å². The first-order valence-electron chi connectivity index (χ1n) is 8.01. The molecule has 0 bridgehead atoms. The lowest BCUT2D eigenvalue weighted by Crippen LogP contribution is -2.37. The summed E-state index contributed by atoms with van der Waals surface area (Å²) in [5.41, 5.74) is 1.59. The van der Waals surface area contributed by atoms with Gasteiger partial charge in [-0.1, -0.05) is 0 Å². The Morgan fingerprint density at radius 1 is 1.38 bits per heavy atom. The Balaban J connectivity index is 1.68. The fourth-order valence-corrected chi connectivity index (χ4v) is 3.41. The third-order valence-electron chi connectivity index (χ3n) is 4.53. The molecule has 0 aromatic carbocycles. The summed E-state index contributed by atoms with van der Waals surface area (Å²) >= 11 is 0. The number of carbonyl (C=O) groups excluding carboxylic acids is 1. The van der Waals surface area contributed by atoms with Crippen LogP contribution in [0.15, 0.2) is 18.5 Å². The summed E-state index contributed by atoms with van der Waals surface area (Å²) < 4.78 is 0. The van der Waals surface area contributed by atoms with Gasteiger partial charge in [-0.15, -0.1) is 0 Å². The topological polar surface area (TPSA) is 48.5 Å². The van der Waals surface area contributed by atoms with Crippen molar-refractivity contribution in [3.05, 3.63) is 24.0 Å². The second-order valence-corrected chi connectivity index (χ2v) is 5.89. The summed E-state index contributed by atoms with van der Waals surface area (Å²) in [6.45, 7) is 6.96. The molecule has 0 aliphatic carbocycles. The molecular formula is C16H24N4O. The summed E-state index contributed by atoms with van der Waals surface area (Å²) in [6.07, 6.45) is 7.12. The molecule has 21 heavy (non-hydrogen) atoms. The molecule has 2 aliphatic rings. The van der Waals surface area contributed by atoms with E-state index in [1.165, 1.54) is 25.9 Å². The molecule has 2 aliphatic heterocycles. The zero-order valence-electron chi connectivity index (χ0n) is 12.7. The quantitative estimate of drug-likeness (QED) is 0.918. The first-order valence-corrected chi connectivity index (χ1v) is 8.01. The number of nitrogens with zero attached hydrogens (tertiary/aromatic N) is 3. The van der Waals surface area contributed by atoms with Crippen molar-refractivity contribution in [1.29, 1.82) is 0 Å². The number of aromatic nitrogens is 1. The smallest absolute Gasteiger partial charge is 0.257 e. The highest BCUT2D eigenvalue weighted by Gasteiger charge is 2.32. The summed E-state index contributed by atoms with van der Waals surface area (Å²) in [5, 5.41) is 3.25. The van der Waals surface area contributed by atoms with Crippen LogP contribution in [-0.4, -0.2) is 59.5 Å². The van der Waals surface area contributed by atoms with Crippen molar-refractivity contribution in [2.24, 2.45) is 0 Å². The molecule has 5 nitrogen and oxygen atoms in total. The number of amides is 1. The van der Waals surface area contributed by atoms with E-state index in [1.807, 2.05) is 17.9 Å². The monoisotopic (exact) mass is 288 g/mol. The van der Waals surface area contributed by atoms with Gasteiger partial charge in [0, 0.05) is 38.1 Å². The molecule has 5 heteroatoms. The van der Waals surface area contributed by atoms with E-state index in [0.29, 0.717) is 11.6 Å². The van der Waals surface area contributed by atoms with Crippen LogP contribution < -0.4 is 5.32 Å². The van der Waals surface area contributed by atoms with Crippen LogP contribution in [0.25, 0.3) is 0 Å². The average Bonchev–Trinajstić information content (AvgIpc) is 3.18. The highest BCUT2D eigenvalue weighted by atomic mass is 16.2. The van der Waals surface area contributed by atoms with E-state index in [4.69, 9.17) is 0 Å². The lowest BCUT2D eigenvalue weighted by molar-refractivity contribution is 0.0780. The highest BCUT2D eigenvalue weighted by Crippen LogP contribution is 2.23. The molecule has 2 saturated heterocycles. The third kappa shape index (κ3) is 3.02. The zero-order chi connectivity index (χ0) is 14.7. The molecule has 3 heterocycles. The van der Waals surface area contributed by atoms with E-state index in [2.05, 4.69) is 15.2 Å². The number of anilines is 1. The fourth-order valence-electron chi connectivity index (χ4n) is 3.41. The zero-order valence-corrected chi connectivity index (χ0v) is 12.7. The molecule has 1 unspecified atom stereocenters. The van der Waals surface area contributed by atoms with E-state index in [9.17, 15) is 4.79 Å². The van der Waals surface area contributed by atoms with Gasteiger partial charge in [0.05, 0.1) is 11.3 Å². The largest absolute Gasteiger partial charge is 0.385 e. The summed E-state index contributed by atoms with van der Waals surface area (Å²) in [5.74, 6) is 0.112. The molecule has 1 N–H and O–H groups in total. The van der Waals surface area contributed by atoms with Crippen LogP contribution in [-0.2, 0) is 0 Å². The second kappa shape index (κ2) is 6.43. The number of nitrogens with one attached hydrogen (secondary N) is 1. The molecule has 1 aromatic heterocycles. The van der Waals surface area contributed by atoms with Crippen LogP contribution in [0.5, 0.6) is 0 Å². The van der Waals surface area contributed by atoms with Gasteiger partial charge in [-0.2, -0.15) is 0 Å². The van der Waals surface area contributed by atoms with E-state index in [0.717, 1.165) is 31.7 Å². The van der Waals surface area contributed by atoms with Crippen LogP contribution in [0.2, 0.25) is 0 Å². The first-order chi connectivity index (χ1) is 10.3. The van der Waals surface area contributed by atoms with Gasteiger partial charge in [0.25, 0.3) is 5.91 Å². The van der Waals surface area contributed by atoms with Gasteiger partial charge in [0.1, 0.15) is 0 Å². The molecule has 3 rings (SSSR count). The predicted octanol–water partition coefficient (Wildman–Crippen LogP) is 1.82. The lowest BCUT2D eigenvalue weighted by atomic mass is 10.2. The standard InChI is InChI=1S/C16H24N4O/c1-2-18-15-5-7-17-11-14(15)16(21)20-10-6-13(12-20)19-8-3-4-9-19/h5,7,11,13H,2-4,6,8-10,12H2,1H3,(H,17,18). The molecule has 1 amide bonds. The number of rotatable bonds is 4. The van der Waals surface area contributed by atoms with Crippen molar-refractivity contribution in [1.82, 2.24) is 14.8 Å². The van der Waals surface area contributed by atoms with E-state index in [-0.39, 0.29) is 5.91 Å². The third-order valence-corrected chi connectivity index (χ3v) is 4.53. The van der Waals surface area contributed by atoms with Gasteiger partial charge >= 0.3 is 0 Å². The summed E-state index contributed by atoms with van der Waals surface area (Å²) in [4.78, 5) is 21.4.